The van der Waals surface area contributed by atoms with Crippen LogP contribution in [0, 0.1) is 0 Å². The molecule has 66 valence electrons. The topological polar surface area (TPSA) is 20.2 Å². The maximum absolute atomic E-state index is 9.91. The molecular formula is C9H13OPS. The van der Waals surface area contributed by atoms with Crippen molar-refractivity contribution >= 4 is 23.4 Å². The summed E-state index contributed by atoms with van der Waals surface area (Å²) in [6.07, 6.45) is -0.522. The van der Waals surface area contributed by atoms with Crippen molar-refractivity contribution in [2.24, 2.45) is 0 Å². The summed E-state index contributed by atoms with van der Waals surface area (Å²) in [5.41, 5.74) is 0. The molecule has 0 saturated carbocycles. The van der Waals surface area contributed by atoms with Crippen LogP contribution in [-0.2, 0) is 11.8 Å². The molecule has 3 heteroatoms. The van der Waals surface area contributed by atoms with Gasteiger partial charge in [0.15, 0.2) is 0 Å². The molecule has 1 aromatic rings. The largest absolute Gasteiger partial charge is 0.361 e. The quantitative estimate of drug-likeness (QED) is 0.754. The second kappa shape index (κ2) is 4.18. The van der Waals surface area contributed by atoms with Crippen LogP contribution >= 0.6 is 6.26 Å². The van der Waals surface area contributed by atoms with Gasteiger partial charge in [-0.25, -0.2) is 0 Å². The molecule has 0 radical (unpaired) electrons. The van der Waals surface area contributed by atoms with Crippen LogP contribution in [0.5, 0.6) is 0 Å². The van der Waals surface area contributed by atoms with Gasteiger partial charge in [-0.1, -0.05) is 49.1 Å². The molecule has 0 bridgehead atoms. The van der Waals surface area contributed by atoms with Crippen LogP contribution in [0.3, 0.4) is 0 Å². The Morgan fingerprint density at radius 1 is 1.33 bits per heavy atom. The molecule has 0 spiro atoms. The lowest BCUT2D eigenvalue weighted by molar-refractivity contribution is 0.630. The number of hydrogen-bond donors (Lipinski definition) is 1. The second-order valence-electron chi connectivity index (χ2n) is 2.76. The van der Waals surface area contributed by atoms with Crippen molar-refractivity contribution in [1.82, 2.24) is 0 Å². The third-order valence-corrected chi connectivity index (χ3v) is 5.02. The molecule has 12 heavy (non-hydrogen) atoms. The van der Waals surface area contributed by atoms with Crippen molar-refractivity contribution in [1.29, 1.82) is 0 Å². The van der Waals surface area contributed by atoms with Gasteiger partial charge in [0.1, 0.15) is 0 Å². The van der Waals surface area contributed by atoms with Crippen molar-refractivity contribution in [2.45, 2.75) is 13.3 Å². The lowest BCUT2D eigenvalue weighted by atomic mass is 10.4. The summed E-state index contributed by atoms with van der Waals surface area (Å²) in [6.45, 7) is 2.04. The summed E-state index contributed by atoms with van der Waals surface area (Å²) in [5, 5.41) is 0.932. The number of rotatable bonds is 3. The van der Waals surface area contributed by atoms with Crippen LogP contribution in [-0.4, -0.2) is 11.1 Å². The highest BCUT2D eigenvalue weighted by Gasteiger charge is 2.12. The molecule has 1 atom stereocenters. The Morgan fingerprint density at radius 3 is 2.42 bits per heavy atom. The minimum atomic E-state index is -2.21. The highest BCUT2D eigenvalue weighted by Crippen LogP contribution is 2.39. The Labute approximate surface area is 78.5 Å². The Morgan fingerprint density at radius 2 is 1.92 bits per heavy atom. The molecule has 1 N–H and O–H groups in total. The third-order valence-electron chi connectivity index (χ3n) is 1.69. The minimum absolute atomic E-state index is 0.742. The van der Waals surface area contributed by atoms with E-state index in [0.717, 1.165) is 17.9 Å². The van der Waals surface area contributed by atoms with Gasteiger partial charge in [0.25, 0.3) is 0 Å². The number of benzene rings is 1. The fraction of sp³-hybridized carbons (Fsp3) is 0.333. The van der Waals surface area contributed by atoms with E-state index < -0.39 is 6.26 Å². The molecule has 0 aliphatic rings. The molecule has 1 aromatic carbocycles. The van der Waals surface area contributed by atoms with Gasteiger partial charge in [-0.2, -0.15) is 0 Å². The summed E-state index contributed by atoms with van der Waals surface area (Å²) in [7, 11) is 0. The van der Waals surface area contributed by atoms with Crippen molar-refractivity contribution in [3.63, 3.8) is 0 Å². The summed E-state index contributed by atoms with van der Waals surface area (Å²) in [6, 6.07) is 9.60. The van der Waals surface area contributed by atoms with E-state index in [-0.39, 0.29) is 0 Å². The van der Waals surface area contributed by atoms with Crippen LogP contribution in [0.4, 0.5) is 0 Å². The van der Waals surface area contributed by atoms with Gasteiger partial charge >= 0.3 is 0 Å². The van der Waals surface area contributed by atoms with E-state index in [1.165, 1.54) is 0 Å². The van der Waals surface area contributed by atoms with E-state index >= 15 is 0 Å². The highest BCUT2D eigenvalue weighted by atomic mass is 32.4. The van der Waals surface area contributed by atoms with Crippen molar-refractivity contribution in [3.8, 4) is 0 Å². The zero-order chi connectivity index (χ0) is 9.03. The zero-order valence-electron chi connectivity index (χ0n) is 7.10. The molecule has 1 unspecified atom stereocenters. The summed E-state index contributed by atoms with van der Waals surface area (Å²) < 4.78 is 0. The SMILES string of the molecule is CCCP(O)(=S)c1ccccc1. The van der Waals surface area contributed by atoms with Crippen molar-refractivity contribution in [3.05, 3.63) is 30.3 Å². The zero-order valence-corrected chi connectivity index (χ0v) is 8.81. The molecule has 1 rings (SSSR count). The highest BCUT2D eigenvalue weighted by molar-refractivity contribution is 8.15. The van der Waals surface area contributed by atoms with E-state index in [1.807, 2.05) is 37.3 Å². The molecule has 0 aromatic heterocycles. The first-order chi connectivity index (χ1) is 5.67. The van der Waals surface area contributed by atoms with Crippen LogP contribution < -0.4 is 5.30 Å². The maximum Gasteiger partial charge on any atom is 0.0913 e. The average Bonchev–Trinajstić information content (AvgIpc) is 2.06. The van der Waals surface area contributed by atoms with Crippen molar-refractivity contribution < 1.29 is 4.89 Å². The van der Waals surface area contributed by atoms with Gasteiger partial charge in [0.2, 0.25) is 0 Å². The van der Waals surface area contributed by atoms with Gasteiger partial charge in [0.05, 0.1) is 6.26 Å². The second-order valence-corrected chi connectivity index (χ2v) is 6.94. The molecule has 0 saturated heterocycles. The predicted molar refractivity (Wildman–Crippen MR) is 57.7 cm³/mol. The lowest BCUT2D eigenvalue weighted by Crippen LogP contribution is -2.05. The fourth-order valence-corrected chi connectivity index (χ4v) is 3.51. The molecule has 0 fully saturated rings. The maximum atomic E-state index is 9.91. The first-order valence-electron chi connectivity index (χ1n) is 4.04. The normalized spacial score (nSPS) is 15.5. The van der Waals surface area contributed by atoms with Gasteiger partial charge < -0.3 is 4.89 Å². The lowest BCUT2D eigenvalue weighted by Gasteiger charge is -2.13. The van der Waals surface area contributed by atoms with E-state index in [4.69, 9.17) is 11.8 Å². The van der Waals surface area contributed by atoms with Gasteiger partial charge in [0, 0.05) is 11.5 Å². The third kappa shape index (κ3) is 2.41. The smallest absolute Gasteiger partial charge is 0.0913 e. The predicted octanol–water partition coefficient (Wildman–Crippen LogP) is 2.11. The fourth-order valence-electron chi connectivity index (χ4n) is 1.09. The summed E-state index contributed by atoms with van der Waals surface area (Å²) in [4.78, 5) is 9.91. The molecule has 0 aliphatic carbocycles. The number of hydrogen-bond acceptors (Lipinski definition) is 1. The molecule has 0 amide bonds. The Hall–Kier alpha value is -0.170. The molecule has 0 heterocycles. The van der Waals surface area contributed by atoms with Gasteiger partial charge in [-0.3, -0.25) is 0 Å². The van der Waals surface area contributed by atoms with E-state index in [0.29, 0.717) is 0 Å². The van der Waals surface area contributed by atoms with Crippen LogP contribution in [0.15, 0.2) is 30.3 Å². The first kappa shape index (κ1) is 9.91. The Balaban J connectivity index is 2.90. The van der Waals surface area contributed by atoms with Gasteiger partial charge in [-0.15, -0.1) is 0 Å². The molecule has 0 aliphatic heterocycles. The summed E-state index contributed by atoms with van der Waals surface area (Å²) in [5.74, 6) is 0. The van der Waals surface area contributed by atoms with Crippen molar-refractivity contribution in [2.75, 3.05) is 6.16 Å². The summed E-state index contributed by atoms with van der Waals surface area (Å²) >= 11 is 5.18. The molecular weight excluding hydrogens is 187 g/mol. The van der Waals surface area contributed by atoms with Crippen LogP contribution in [0.25, 0.3) is 0 Å². The van der Waals surface area contributed by atoms with Gasteiger partial charge in [-0.05, 0) is 6.42 Å². The minimum Gasteiger partial charge on any atom is -0.361 e. The van der Waals surface area contributed by atoms with E-state index in [1.54, 1.807) is 0 Å². The molecule has 1 nitrogen and oxygen atoms in total. The average molecular weight is 200 g/mol. The standard InChI is InChI=1S/C9H13OPS/c1-2-8-11(10,12)9-6-4-3-5-7-9/h3-7H,2,8H2,1H3,(H,10,12). The van der Waals surface area contributed by atoms with E-state index in [2.05, 4.69) is 0 Å². The first-order valence-corrected chi connectivity index (χ1v) is 6.98. The Bertz CT molecular complexity index is 284. The van der Waals surface area contributed by atoms with Crippen LogP contribution in [0.1, 0.15) is 13.3 Å². The van der Waals surface area contributed by atoms with Crippen LogP contribution in [0.2, 0.25) is 0 Å². The van der Waals surface area contributed by atoms with E-state index in [9.17, 15) is 4.89 Å². The Kier molecular flexibility index (Phi) is 3.45. The monoisotopic (exact) mass is 200 g/mol.